The number of nitrogens with zero attached hydrogens (tertiary/aromatic N) is 1. The van der Waals surface area contributed by atoms with Gasteiger partial charge in [0.2, 0.25) is 0 Å². The highest BCUT2D eigenvalue weighted by Gasteiger charge is 2.23. The molecule has 0 fully saturated rings. The third kappa shape index (κ3) is 5.78. The largest absolute Gasteiger partial charge is 0.455 e. The van der Waals surface area contributed by atoms with Crippen molar-refractivity contribution in [3.05, 3.63) is 224 Å². The molecular weight excluding hydrogens is 783 g/mol. The predicted octanol–water partition coefficient (Wildman–Crippen LogP) is 17.9. The van der Waals surface area contributed by atoms with Crippen molar-refractivity contribution < 1.29 is 4.42 Å². The van der Waals surface area contributed by atoms with Crippen molar-refractivity contribution in [2.75, 3.05) is 4.90 Å². The monoisotopic (exact) mass is 819 g/mol. The Morgan fingerprint density at radius 1 is 0.349 bits per heavy atom. The van der Waals surface area contributed by atoms with Gasteiger partial charge in [-0.15, -0.1) is 11.3 Å². The molecule has 0 unspecified atom stereocenters. The molecule has 0 aliphatic heterocycles. The molecule has 2 heterocycles. The minimum Gasteiger partial charge on any atom is -0.455 e. The molecule has 294 valence electrons. The van der Waals surface area contributed by atoms with Crippen LogP contribution in [0, 0.1) is 0 Å². The van der Waals surface area contributed by atoms with Crippen LogP contribution in [-0.2, 0) is 0 Å². The Morgan fingerprint density at radius 3 is 1.86 bits per heavy atom. The van der Waals surface area contributed by atoms with Crippen molar-refractivity contribution in [3.63, 3.8) is 0 Å². The number of hydrogen-bond acceptors (Lipinski definition) is 3. The minimum atomic E-state index is 0.870. The summed E-state index contributed by atoms with van der Waals surface area (Å²) in [4.78, 5) is 2.41. The maximum Gasteiger partial charge on any atom is 0.145 e. The lowest BCUT2D eigenvalue weighted by atomic mass is 9.95. The number of furan rings is 1. The lowest BCUT2D eigenvalue weighted by Gasteiger charge is -2.27. The second-order valence-corrected chi connectivity index (χ2v) is 17.4. The molecule has 0 saturated carbocycles. The molecule has 0 bridgehead atoms. The second-order valence-electron chi connectivity index (χ2n) is 16.4. The van der Waals surface area contributed by atoms with Gasteiger partial charge in [-0.05, 0) is 109 Å². The van der Waals surface area contributed by atoms with E-state index in [9.17, 15) is 0 Å². The summed E-state index contributed by atoms with van der Waals surface area (Å²) >= 11 is 1.88. The first kappa shape index (κ1) is 35.7. The van der Waals surface area contributed by atoms with Crippen LogP contribution in [0.4, 0.5) is 17.1 Å². The van der Waals surface area contributed by atoms with Crippen LogP contribution in [0.1, 0.15) is 0 Å². The molecule has 11 aromatic carbocycles. The van der Waals surface area contributed by atoms with E-state index >= 15 is 0 Å². The van der Waals surface area contributed by atoms with Crippen LogP contribution in [0.15, 0.2) is 229 Å². The molecule has 13 aromatic rings. The van der Waals surface area contributed by atoms with Gasteiger partial charge in [0.05, 0.1) is 11.1 Å². The number of rotatable bonds is 6. The zero-order chi connectivity index (χ0) is 41.4. The number of benzene rings is 11. The van der Waals surface area contributed by atoms with Crippen molar-refractivity contribution in [2.45, 2.75) is 0 Å². The summed E-state index contributed by atoms with van der Waals surface area (Å²) in [5.41, 5.74) is 12.1. The van der Waals surface area contributed by atoms with E-state index in [1.54, 1.807) is 0 Å². The normalized spacial score (nSPS) is 11.8. The summed E-state index contributed by atoms with van der Waals surface area (Å²) in [6.07, 6.45) is 0. The van der Waals surface area contributed by atoms with Gasteiger partial charge in [0.15, 0.2) is 0 Å². The molecule has 13 rings (SSSR count). The Labute approximate surface area is 368 Å². The van der Waals surface area contributed by atoms with E-state index < -0.39 is 0 Å². The third-order valence-corrected chi connectivity index (χ3v) is 14.1. The Kier molecular flexibility index (Phi) is 8.12. The number of hydrogen-bond donors (Lipinski definition) is 0. The average Bonchev–Trinajstić information content (AvgIpc) is 3.93. The van der Waals surface area contributed by atoms with Crippen LogP contribution in [0.25, 0.3) is 108 Å². The lowest BCUT2D eigenvalue weighted by Crippen LogP contribution is -2.10. The molecule has 0 N–H and O–H groups in total. The molecule has 0 atom stereocenters. The fourth-order valence-electron chi connectivity index (χ4n) is 9.86. The molecule has 0 radical (unpaired) electrons. The zero-order valence-electron chi connectivity index (χ0n) is 34.1. The summed E-state index contributed by atoms with van der Waals surface area (Å²) in [6, 6.07) is 81.6. The van der Waals surface area contributed by atoms with Gasteiger partial charge < -0.3 is 9.32 Å². The fraction of sp³-hybridized carbons (Fsp3) is 0. The Bertz CT molecular complexity index is 3910. The maximum atomic E-state index is 6.91. The Hall–Kier alpha value is -7.98. The minimum absolute atomic E-state index is 0.870. The Morgan fingerprint density at radius 2 is 0.984 bits per heavy atom. The quantitative estimate of drug-likeness (QED) is 0.155. The number of thiophene rings is 1. The van der Waals surface area contributed by atoms with Gasteiger partial charge in [-0.2, -0.15) is 0 Å². The van der Waals surface area contributed by atoms with Gasteiger partial charge in [0.1, 0.15) is 11.2 Å². The summed E-state index contributed by atoms with van der Waals surface area (Å²) in [5, 5.41) is 12.1. The summed E-state index contributed by atoms with van der Waals surface area (Å²) in [7, 11) is 0. The van der Waals surface area contributed by atoms with Gasteiger partial charge in [0.25, 0.3) is 0 Å². The highest BCUT2D eigenvalue weighted by molar-refractivity contribution is 7.26. The van der Waals surface area contributed by atoms with Crippen molar-refractivity contribution in [2.24, 2.45) is 0 Å². The maximum absolute atomic E-state index is 6.91. The van der Waals surface area contributed by atoms with Crippen LogP contribution in [0.2, 0.25) is 0 Å². The van der Waals surface area contributed by atoms with Gasteiger partial charge in [-0.1, -0.05) is 176 Å². The molecule has 3 heteroatoms. The van der Waals surface area contributed by atoms with Gasteiger partial charge in [-0.25, -0.2) is 0 Å². The summed E-state index contributed by atoms with van der Waals surface area (Å²) in [5.74, 6) is 0. The Balaban J connectivity index is 0.990. The van der Waals surface area contributed by atoms with Crippen LogP contribution in [-0.4, -0.2) is 0 Å². The molecule has 0 aliphatic rings. The van der Waals surface area contributed by atoms with Crippen LogP contribution in [0.5, 0.6) is 0 Å². The number of para-hydroxylation sites is 1. The molecule has 63 heavy (non-hydrogen) atoms. The smallest absolute Gasteiger partial charge is 0.145 e. The number of anilines is 3. The fourth-order valence-corrected chi connectivity index (χ4v) is 11.1. The molecular formula is C60H37NOS. The molecule has 2 nitrogen and oxygen atoms in total. The van der Waals surface area contributed by atoms with E-state index in [4.69, 9.17) is 4.42 Å². The average molecular weight is 820 g/mol. The molecule has 2 aromatic heterocycles. The van der Waals surface area contributed by atoms with Crippen molar-refractivity contribution >= 4 is 103 Å². The molecule has 0 spiro atoms. The van der Waals surface area contributed by atoms with Gasteiger partial charge in [0, 0.05) is 42.5 Å². The van der Waals surface area contributed by atoms with Crippen LogP contribution in [0.3, 0.4) is 0 Å². The third-order valence-electron chi connectivity index (χ3n) is 12.9. The van der Waals surface area contributed by atoms with E-state index in [-0.39, 0.29) is 0 Å². The number of fused-ring (bicyclic) bond motifs is 10. The van der Waals surface area contributed by atoms with E-state index in [1.807, 2.05) is 11.3 Å². The van der Waals surface area contributed by atoms with Crippen LogP contribution < -0.4 is 4.90 Å². The van der Waals surface area contributed by atoms with Crippen molar-refractivity contribution in [3.8, 4) is 33.4 Å². The predicted molar refractivity (Wildman–Crippen MR) is 270 cm³/mol. The van der Waals surface area contributed by atoms with Gasteiger partial charge >= 0.3 is 0 Å². The molecule has 0 amide bonds. The lowest BCUT2D eigenvalue weighted by molar-refractivity contribution is 0.670. The second kappa shape index (κ2) is 14.3. The molecule has 0 aliphatic carbocycles. The molecule has 0 saturated heterocycles. The topological polar surface area (TPSA) is 16.4 Å². The summed E-state index contributed by atoms with van der Waals surface area (Å²) in [6.45, 7) is 0. The van der Waals surface area contributed by atoms with Crippen molar-refractivity contribution in [1.29, 1.82) is 0 Å². The highest BCUT2D eigenvalue weighted by atomic mass is 32.1. The van der Waals surface area contributed by atoms with Crippen LogP contribution >= 0.6 is 11.3 Å². The van der Waals surface area contributed by atoms with E-state index in [2.05, 4.69) is 229 Å². The van der Waals surface area contributed by atoms with Crippen molar-refractivity contribution in [1.82, 2.24) is 0 Å². The SMILES string of the molecule is c1ccc(-c2cccc3c2sc2cc(-c4ccc(N(c5ccc6c(ccc7ccccc76)c5)c5ccc(-c6cccc7ccccc67)c6oc7ccccc7c56)cc4)ccc23)cc1. The van der Waals surface area contributed by atoms with E-state index in [0.717, 1.165) is 50.1 Å². The zero-order valence-corrected chi connectivity index (χ0v) is 34.9. The first-order valence-electron chi connectivity index (χ1n) is 21.5. The van der Waals surface area contributed by atoms with E-state index in [0.29, 0.717) is 0 Å². The van der Waals surface area contributed by atoms with Gasteiger partial charge in [-0.3, -0.25) is 0 Å². The summed E-state index contributed by atoms with van der Waals surface area (Å²) < 4.78 is 9.53. The first-order chi connectivity index (χ1) is 31.2. The standard InChI is InChI=1S/C60H37NOS/c1-2-12-40(13-3-1)49-20-11-22-53-51-32-28-42(37-57(51)63-60(49)53)38-26-29-44(30-27-38)61(45-31-33-48-43(36-45)25-24-41-15-5-6-17-46(41)48)55-35-34-52(50-21-10-16-39-14-4-7-18-47(39)50)59-58(55)54-19-8-9-23-56(54)62-59/h1-37H. The first-order valence-corrected chi connectivity index (χ1v) is 22.3. The van der Waals surface area contributed by atoms with E-state index in [1.165, 1.54) is 74.7 Å². The highest BCUT2D eigenvalue weighted by Crippen LogP contribution is 2.48.